The van der Waals surface area contributed by atoms with Gasteiger partial charge in [0.05, 0.1) is 17.5 Å². The number of hydrogen-bond donors (Lipinski definition) is 1. The summed E-state index contributed by atoms with van der Waals surface area (Å²) >= 11 is 3.25. The summed E-state index contributed by atoms with van der Waals surface area (Å²) in [6, 6.07) is 10.5. The number of carbonyl (C=O) groups excluding carboxylic acids is 1. The van der Waals surface area contributed by atoms with Crippen LogP contribution in [0, 0.1) is 5.82 Å². The number of thioether (sulfide) groups is 2. The number of fused-ring (bicyclic) bond motifs is 1. The van der Waals surface area contributed by atoms with Gasteiger partial charge in [0.25, 0.3) is 0 Å². The Balaban J connectivity index is 1.54. The second-order valence-electron chi connectivity index (χ2n) is 5.25. The number of hydrogen-bond acceptors (Lipinski definition) is 4. The predicted molar refractivity (Wildman–Crippen MR) is 93.0 cm³/mol. The van der Waals surface area contributed by atoms with Crippen molar-refractivity contribution in [2.75, 3.05) is 11.5 Å². The van der Waals surface area contributed by atoms with Gasteiger partial charge in [0.1, 0.15) is 5.82 Å². The number of pyridine rings is 1. The lowest BCUT2D eigenvalue weighted by Gasteiger charge is -2.26. The van der Waals surface area contributed by atoms with Crippen molar-refractivity contribution >= 4 is 29.4 Å². The summed E-state index contributed by atoms with van der Waals surface area (Å²) in [6.07, 6.45) is 2.58. The van der Waals surface area contributed by atoms with E-state index in [-0.39, 0.29) is 17.8 Å². The molecule has 1 aliphatic rings. The van der Waals surface area contributed by atoms with Crippen molar-refractivity contribution in [2.24, 2.45) is 0 Å². The number of nitrogens with one attached hydrogen (secondary N) is 1. The molecule has 0 spiro atoms. The number of benzene rings is 1. The molecule has 1 aromatic carbocycles. The number of halogens is 1. The molecule has 3 nitrogen and oxygen atoms in total. The first kappa shape index (κ1) is 16.3. The van der Waals surface area contributed by atoms with Crippen LogP contribution in [0.4, 0.5) is 4.39 Å². The van der Waals surface area contributed by atoms with Gasteiger partial charge in [-0.15, -0.1) is 23.5 Å². The van der Waals surface area contributed by atoms with Crippen molar-refractivity contribution in [3.05, 3.63) is 59.7 Å². The highest BCUT2D eigenvalue weighted by Gasteiger charge is 2.22. The molecule has 1 N–H and O–H groups in total. The fourth-order valence-corrected chi connectivity index (χ4v) is 4.34. The lowest BCUT2D eigenvalue weighted by Crippen LogP contribution is -2.32. The normalized spacial score (nSPS) is 16.7. The summed E-state index contributed by atoms with van der Waals surface area (Å²) in [6.45, 7) is 0. The maximum absolute atomic E-state index is 13.5. The van der Waals surface area contributed by atoms with Crippen LogP contribution in [0.2, 0.25) is 0 Å². The molecule has 3 rings (SSSR count). The van der Waals surface area contributed by atoms with Gasteiger partial charge in [-0.3, -0.25) is 9.78 Å². The van der Waals surface area contributed by atoms with Crippen molar-refractivity contribution in [1.82, 2.24) is 10.3 Å². The molecule has 6 heteroatoms. The molecule has 0 saturated carbocycles. The lowest BCUT2D eigenvalue weighted by molar-refractivity contribution is -0.119. The van der Waals surface area contributed by atoms with Crippen LogP contribution >= 0.6 is 23.5 Å². The third kappa shape index (κ3) is 4.48. The Morgan fingerprint density at radius 2 is 2.30 bits per heavy atom. The summed E-state index contributed by atoms with van der Waals surface area (Å²) < 4.78 is 13.5. The van der Waals surface area contributed by atoms with E-state index in [2.05, 4.69) is 10.3 Å². The molecule has 0 fully saturated rings. The van der Waals surface area contributed by atoms with Crippen molar-refractivity contribution in [1.29, 1.82) is 0 Å². The number of amides is 1. The average molecular weight is 348 g/mol. The SMILES string of the molecule is O=C(CSCc1ccccn1)N[C@H]1CCSc2ccc(F)cc21. The maximum Gasteiger partial charge on any atom is 0.230 e. The maximum atomic E-state index is 13.5. The first-order valence-electron chi connectivity index (χ1n) is 7.41. The quantitative estimate of drug-likeness (QED) is 0.892. The molecule has 1 atom stereocenters. The van der Waals surface area contributed by atoms with Gasteiger partial charge in [-0.2, -0.15) is 0 Å². The molecule has 2 aromatic rings. The molecule has 0 saturated heterocycles. The van der Waals surface area contributed by atoms with Gasteiger partial charge in [0, 0.05) is 22.6 Å². The van der Waals surface area contributed by atoms with Crippen LogP contribution in [0.3, 0.4) is 0 Å². The van der Waals surface area contributed by atoms with Crippen LogP contribution in [-0.2, 0) is 10.5 Å². The Labute approximate surface area is 143 Å². The highest BCUT2D eigenvalue weighted by molar-refractivity contribution is 7.99. The van der Waals surface area contributed by atoms with Crippen molar-refractivity contribution in [2.45, 2.75) is 23.1 Å². The fraction of sp³-hybridized carbons (Fsp3) is 0.294. The van der Waals surface area contributed by atoms with Crippen LogP contribution in [0.25, 0.3) is 0 Å². The van der Waals surface area contributed by atoms with E-state index in [4.69, 9.17) is 0 Å². The molecule has 2 heterocycles. The Hall–Kier alpha value is -1.53. The zero-order valence-electron chi connectivity index (χ0n) is 12.5. The highest BCUT2D eigenvalue weighted by Crippen LogP contribution is 2.36. The lowest BCUT2D eigenvalue weighted by atomic mass is 10.0. The third-order valence-corrected chi connectivity index (χ3v) is 5.64. The van der Waals surface area contributed by atoms with Gasteiger partial charge >= 0.3 is 0 Å². The Bertz CT molecular complexity index is 682. The second kappa shape index (κ2) is 7.84. The first-order valence-corrected chi connectivity index (χ1v) is 9.55. The van der Waals surface area contributed by atoms with E-state index < -0.39 is 0 Å². The molecule has 1 amide bonds. The first-order chi connectivity index (χ1) is 11.2. The van der Waals surface area contributed by atoms with E-state index in [1.165, 1.54) is 23.9 Å². The van der Waals surface area contributed by atoms with Crippen molar-refractivity contribution < 1.29 is 9.18 Å². The summed E-state index contributed by atoms with van der Waals surface area (Å²) in [5, 5.41) is 3.03. The Morgan fingerprint density at radius 3 is 3.13 bits per heavy atom. The summed E-state index contributed by atoms with van der Waals surface area (Å²) in [7, 11) is 0. The number of nitrogens with zero attached hydrogens (tertiary/aromatic N) is 1. The summed E-state index contributed by atoms with van der Waals surface area (Å²) in [4.78, 5) is 17.4. The molecule has 0 radical (unpaired) electrons. The Kier molecular flexibility index (Phi) is 5.56. The molecule has 23 heavy (non-hydrogen) atoms. The van der Waals surface area contributed by atoms with Crippen LogP contribution in [0.1, 0.15) is 23.7 Å². The van der Waals surface area contributed by atoms with E-state index in [1.807, 2.05) is 18.2 Å². The van der Waals surface area contributed by atoms with Gasteiger partial charge in [0.15, 0.2) is 0 Å². The second-order valence-corrected chi connectivity index (χ2v) is 7.38. The van der Waals surface area contributed by atoms with E-state index in [0.29, 0.717) is 11.5 Å². The minimum Gasteiger partial charge on any atom is -0.349 e. The van der Waals surface area contributed by atoms with E-state index in [9.17, 15) is 9.18 Å². The van der Waals surface area contributed by atoms with Gasteiger partial charge in [-0.05, 0) is 42.3 Å². The van der Waals surface area contributed by atoms with E-state index >= 15 is 0 Å². The molecule has 0 aliphatic carbocycles. The van der Waals surface area contributed by atoms with Crippen LogP contribution in [-0.4, -0.2) is 22.4 Å². The third-order valence-electron chi connectivity index (χ3n) is 3.56. The van der Waals surface area contributed by atoms with Crippen LogP contribution in [0.5, 0.6) is 0 Å². The smallest absolute Gasteiger partial charge is 0.230 e. The molecule has 0 bridgehead atoms. The van der Waals surface area contributed by atoms with Gasteiger partial charge in [-0.1, -0.05) is 6.07 Å². The van der Waals surface area contributed by atoms with Gasteiger partial charge in [-0.25, -0.2) is 4.39 Å². The van der Waals surface area contributed by atoms with E-state index in [0.717, 1.165) is 28.3 Å². The predicted octanol–water partition coefficient (Wildman–Crippen LogP) is 3.81. The highest BCUT2D eigenvalue weighted by atomic mass is 32.2. The monoisotopic (exact) mass is 348 g/mol. The van der Waals surface area contributed by atoms with Crippen molar-refractivity contribution in [3.8, 4) is 0 Å². The minimum absolute atomic E-state index is 0.0157. The van der Waals surface area contributed by atoms with Crippen LogP contribution in [0.15, 0.2) is 47.5 Å². The van der Waals surface area contributed by atoms with E-state index in [1.54, 1.807) is 24.0 Å². The van der Waals surface area contributed by atoms with Gasteiger partial charge < -0.3 is 5.32 Å². The molecule has 1 aromatic heterocycles. The number of carbonyl (C=O) groups is 1. The molecule has 0 unspecified atom stereocenters. The Morgan fingerprint density at radius 1 is 1.39 bits per heavy atom. The number of rotatable bonds is 5. The standard InChI is InChI=1S/C17H17FN2OS2/c18-12-4-5-16-14(9-12)15(6-8-23-16)20-17(21)11-22-10-13-3-1-2-7-19-13/h1-5,7,9,15H,6,8,10-11H2,(H,20,21)/t15-/m0/s1. The zero-order valence-corrected chi connectivity index (χ0v) is 14.1. The molecular formula is C17H17FN2OS2. The number of aromatic nitrogens is 1. The van der Waals surface area contributed by atoms with Crippen molar-refractivity contribution in [3.63, 3.8) is 0 Å². The molecule has 120 valence electrons. The summed E-state index contributed by atoms with van der Waals surface area (Å²) in [5.74, 6) is 1.75. The molecular weight excluding hydrogens is 331 g/mol. The van der Waals surface area contributed by atoms with Gasteiger partial charge in [0.2, 0.25) is 5.91 Å². The summed E-state index contributed by atoms with van der Waals surface area (Å²) in [5.41, 5.74) is 1.86. The largest absolute Gasteiger partial charge is 0.349 e. The zero-order chi connectivity index (χ0) is 16.1. The topological polar surface area (TPSA) is 42.0 Å². The minimum atomic E-state index is -0.255. The average Bonchev–Trinajstić information content (AvgIpc) is 2.56. The molecule has 1 aliphatic heterocycles. The fourth-order valence-electron chi connectivity index (χ4n) is 2.48. The van der Waals surface area contributed by atoms with Crippen LogP contribution < -0.4 is 5.32 Å².